The lowest BCUT2D eigenvalue weighted by molar-refractivity contribution is 0.237. The normalized spacial score (nSPS) is 12.3. The minimum absolute atomic E-state index is 0.208. The number of nitrogens with two attached hydrogens (primary N) is 1. The number of thiocarbonyl (C=S) groups is 1. The van der Waals surface area contributed by atoms with Crippen LogP contribution in [0.25, 0.3) is 0 Å². The molecule has 82 valence electrons. The maximum Gasteiger partial charge on any atom is 0.315 e. The van der Waals surface area contributed by atoms with Gasteiger partial charge < -0.3 is 16.4 Å². The van der Waals surface area contributed by atoms with Crippen LogP contribution >= 0.6 is 12.2 Å². The Labute approximate surface area is 90.6 Å². The van der Waals surface area contributed by atoms with Crippen molar-refractivity contribution in [2.75, 3.05) is 6.54 Å². The molecule has 0 aromatic heterocycles. The zero-order chi connectivity index (χ0) is 11.1. The van der Waals surface area contributed by atoms with Crippen LogP contribution in [0.3, 0.4) is 0 Å². The van der Waals surface area contributed by atoms with Crippen molar-refractivity contribution in [2.24, 2.45) is 11.7 Å². The summed E-state index contributed by atoms with van der Waals surface area (Å²) < 4.78 is 0. The highest BCUT2D eigenvalue weighted by Gasteiger charge is 2.18. The maximum absolute atomic E-state index is 11.3. The Kier molecular flexibility index (Phi) is 6.19. The van der Waals surface area contributed by atoms with Gasteiger partial charge in [0.1, 0.15) is 0 Å². The predicted molar refractivity (Wildman–Crippen MR) is 62.2 cm³/mol. The van der Waals surface area contributed by atoms with Crippen molar-refractivity contribution in [1.29, 1.82) is 0 Å². The van der Waals surface area contributed by atoms with Crippen molar-refractivity contribution in [2.45, 2.75) is 33.2 Å². The highest BCUT2D eigenvalue weighted by Crippen LogP contribution is 2.01. The van der Waals surface area contributed by atoms with Gasteiger partial charge in [-0.1, -0.05) is 33.0 Å². The van der Waals surface area contributed by atoms with E-state index in [0.717, 1.165) is 6.42 Å². The highest BCUT2D eigenvalue weighted by molar-refractivity contribution is 7.80. The van der Waals surface area contributed by atoms with E-state index >= 15 is 0 Å². The van der Waals surface area contributed by atoms with Gasteiger partial charge in [-0.2, -0.15) is 0 Å². The average Bonchev–Trinajstić information content (AvgIpc) is 2.09. The molecular weight excluding hydrogens is 198 g/mol. The van der Waals surface area contributed by atoms with Crippen LogP contribution in [0, 0.1) is 5.92 Å². The van der Waals surface area contributed by atoms with E-state index in [1.165, 1.54) is 0 Å². The van der Waals surface area contributed by atoms with E-state index in [4.69, 9.17) is 18.0 Å². The second-order valence-corrected chi connectivity index (χ2v) is 4.00. The van der Waals surface area contributed by atoms with Crippen molar-refractivity contribution in [3.05, 3.63) is 0 Å². The highest BCUT2D eigenvalue weighted by atomic mass is 32.1. The second-order valence-electron chi connectivity index (χ2n) is 3.52. The number of nitrogens with one attached hydrogen (secondary N) is 2. The van der Waals surface area contributed by atoms with Crippen LogP contribution in [0.15, 0.2) is 0 Å². The summed E-state index contributed by atoms with van der Waals surface area (Å²) in [5, 5.41) is 5.44. The van der Waals surface area contributed by atoms with Crippen LogP contribution < -0.4 is 16.4 Å². The SMILES string of the molecule is CCCNC(=O)NC(C(N)=S)C(C)C. The lowest BCUT2D eigenvalue weighted by Crippen LogP contribution is -2.50. The zero-order valence-electron chi connectivity index (χ0n) is 8.96. The fourth-order valence-corrected chi connectivity index (χ4v) is 1.33. The summed E-state index contributed by atoms with van der Waals surface area (Å²) in [6, 6.07) is -0.444. The molecule has 0 fully saturated rings. The topological polar surface area (TPSA) is 67.2 Å². The van der Waals surface area contributed by atoms with Crippen molar-refractivity contribution < 1.29 is 4.79 Å². The molecule has 4 N–H and O–H groups in total. The van der Waals surface area contributed by atoms with E-state index in [2.05, 4.69) is 10.6 Å². The summed E-state index contributed by atoms with van der Waals surface area (Å²) in [7, 11) is 0. The number of carbonyl (C=O) groups excluding carboxylic acids is 1. The summed E-state index contributed by atoms with van der Waals surface area (Å²) in [4.78, 5) is 11.6. The van der Waals surface area contributed by atoms with Crippen LogP contribution in [0.4, 0.5) is 4.79 Å². The molecule has 0 aromatic carbocycles. The Morgan fingerprint density at radius 3 is 2.43 bits per heavy atom. The van der Waals surface area contributed by atoms with Gasteiger partial charge in [0.15, 0.2) is 0 Å². The number of carbonyl (C=O) groups is 1. The number of urea groups is 1. The van der Waals surface area contributed by atoms with Gasteiger partial charge >= 0.3 is 6.03 Å². The van der Waals surface area contributed by atoms with Gasteiger partial charge in [-0.3, -0.25) is 0 Å². The number of hydrogen-bond donors (Lipinski definition) is 3. The largest absolute Gasteiger partial charge is 0.392 e. The monoisotopic (exact) mass is 217 g/mol. The molecule has 4 nitrogen and oxygen atoms in total. The second kappa shape index (κ2) is 6.59. The Balaban J connectivity index is 4.04. The number of rotatable bonds is 5. The standard InChI is InChI=1S/C9H19N3OS/c1-4-5-11-9(13)12-7(6(2)3)8(10)14/h6-7H,4-5H2,1-3H3,(H2,10,14)(H2,11,12,13). The van der Waals surface area contributed by atoms with Crippen LogP contribution in [-0.2, 0) is 0 Å². The number of amides is 2. The van der Waals surface area contributed by atoms with Gasteiger partial charge in [-0.15, -0.1) is 0 Å². The summed E-state index contributed by atoms with van der Waals surface area (Å²) in [5.41, 5.74) is 5.50. The van der Waals surface area contributed by atoms with Gasteiger partial charge in [0, 0.05) is 6.54 Å². The smallest absolute Gasteiger partial charge is 0.315 e. The average molecular weight is 217 g/mol. The first-order valence-corrected chi connectivity index (χ1v) is 5.23. The Bertz CT molecular complexity index is 206. The molecule has 0 heterocycles. The van der Waals surface area contributed by atoms with Gasteiger partial charge in [0.05, 0.1) is 11.0 Å². The van der Waals surface area contributed by atoms with E-state index in [0.29, 0.717) is 11.5 Å². The molecule has 0 radical (unpaired) electrons. The maximum atomic E-state index is 11.3. The van der Waals surface area contributed by atoms with Gasteiger partial charge in [-0.05, 0) is 12.3 Å². The Hall–Kier alpha value is -0.840. The molecular formula is C9H19N3OS. The minimum Gasteiger partial charge on any atom is -0.392 e. The molecule has 14 heavy (non-hydrogen) atoms. The predicted octanol–water partition coefficient (Wildman–Crippen LogP) is 1.01. The summed E-state index contributed by atoms with van der Waals surface area (Å²) in [6.45, 7) is 6.58. The van der Waals surface area contributed by atoms with E-state index < -0.39 is 0 Å². The molecule has 0 spiro atoms. The quantitative estimate of drug-likeness (QED) is 0.602. The fourth-order valence-electron chi connectivity index (χ4n) is 0.997. The van der Waals surface area contributed by atoms with Crippen molar-refractivity contribution in [3.63, 3.8) is 0 Å². The molecule has 0 rings (SSSR count). The molecule has 1 atom stereocenters. The molecule has 0 saturated carbocycles. The summed E-state index contributed by atoms with van der Waals surface area (Å²) >= 11 is 4.86. The molecule has 0 bridgehead atoms. The molecule has 2 amide bonds. The van der Waals surface area contributed by atoms with E-state index in [1.807, 2.05) is 20.8 Å². The first kappa shape index (κ1) is 13.2. The molecule has 1 unspecified atom stereocenters. The van der Waals surface area contributed by atoms with Crippen LogP contribution in [0.2, 0.25) is 0 Å². The molecule has 0 saturated heterocycles. The third-order valence-electron chi connectivity index (χ3n) is 1.80. The van der Waals surface area contributed by atoms with Gasteiger partial charge in [0.2, 0.25) is 0 Å². The molecule has 0 aromatic rings. The van der Waals surface area contributed by atoms with Gasteiger partial charge in [-0.25, -0.2) is 4.79 Å². The molecule has 0 aliphatic rings. The minimum atomic E-state index is -0.234. The zero-order valence-corrected chi connectivity index (χ0v) is 9.78. The van der Waals surface area contributed by atoms with Crippen LogP contribution in [0.1, 0.15) is 27.2 Å². The van der Waals surface area contributed by atoms with E-state index in [9.17, 15) is 4.79 Å². The third kappa shape index (κ3) is 5.01. The lowest BCUT2D eigenvalue weighted by Gasteiger charge is -2.21. The molecule has 0 aliphatic carbocycles. The Morgan fingerprint density at radius 1 is 1.50 bits per heavy atom. The first-order valence-electron chi connectivity index (χ1n) is 4.82. The molecule has 0 aliphatic heterocycles. The first-order chi connectivity index (χ1) is 6.49. The van der Waals surface area contributed by atoms with Crippen molar-refractivity contribution in [1.82, 2.24) is 10.6 Å². The van der Waals surface area contributed by atoms with Crippen molar-refractivity contribution in [3.8, 4) is 0 Å². The van der Waals surface area contributed by atoms with Crippen molar-refractivity contribution >= 4 is 23.2 Å². The third-order valence-corrected chi connectivity index (χ3v) is 2.05. The van der Waals surface area contributed by atoms with E-state index in [-0.39, 0.29) is 18.0 Å². The molecule has 5 heteroatoms. The summed E-state index contributed by atoms with van der Waals surface area (Å²) in [5.74, 6) is 0.208. The number of hydrogen-bond acceptors (Lipinski definition) is 2. The lowest BCUT2D eigenvalue weighted by atomic mass is 10.1. The Morgan fingerprint density at radius 2 is 2.07 bits per heavy atom. The van der Waals surface area contributed by atoms with Gasteiger partial charge in [0.25, 0.3) is 0 Å². The fraction of sp³-hybridized carbons (Fsp3) is 0.778. The van der Waals surface area contributed by atoms with Crippen LogP contribution in [-0.4, -0.2) is 23.6 Å². The summed E-state index contributed by atoms with van der Waals surface area (Å²) in [6.07, 6.45) is 0.910. The van der Waals surface area contributed by atoms with Crippen LogP contribution in [0.5, 0.6) is 0 Å². The van der Waals surface area contributed by atoms with E-state index in [1.54, 1.807) is 0 Å².